The van der Waals surface area contributed by atoms with Crippen LogP contribution in [-0.2, 0) is 0 Å². The first-order valence-corrected chi connectivity index (χ1v) is 4.19. The van der Waals surface area contributed by atoms with Crippen molar-refractivity contribution in [3.05, 3.63) is 0 Å². The van der Waals surface area contributed by atoms with E-state index < -0.39 is 12.0 Å². The summed E-state index contributed by atoms with van der Waals surface area (Å²) in [6, 6.07) is 0. The number of alkyl halides is 2. The molecule has 0 radical (unpaired) electrons. The minimum Gasteiger partial charge on any atom is -0.389 e. The third kappa shape index (κ3) is 6.49. The quantitative estimate of drug-likeness (QED) is 0.649. The molecule has 0 aliphatic rings. The van der Waals surface area contributed by atoms with Gasteiger partial charge in [0.1, 0.15) is 0 Å². The molecule has 0 aromatic rings. The molecule has 0 aromatic heterocycles. The van der Waals surface area contributed by atoms with Crippen molar-refractivity contribution < 1.29 is 13.9 Å². The van der Waals surface area contributed by atoms with Gasteiger partial charge in [-0.15, -0.1) is 0 Å². The predicted molar refractivity (Wildman–Crippen MR) is 44.4 cm³/mol. The predicted octanol–water partition coefficient (Wildman–Crippen LogP) is 1.39. The Hall–Kier alpha value is -0.220. The number of rotatable bonds is 6. The summed E-state index contributed by atoms with van der Waals surface area (Å²) in [7, 11) is 0. The van der Waals surface area contributed by atoms with Crippen LogP contribution in [0, 0.1) is 0 Å². The Kier molecular flexibility index (Phi) is 5.33. The van der Waals surface area contributed by atoms with E-state index in [4.69, 9.17) is 0 Å². The fraction of sp³-hybridized carbons (Fsp3) is 1.00. The second kappa shape index (κ2) is 5.43. The maximum Gasteiger partial charge on any atom is 0.250 e. The maximum absolute atomic E-state index is 11.7. The molecular weight excluding hydrogens is 164 g/mol. The molecule has 0 rings (SSSR count). The summed E-state index contributed by atoms with van der Waals surface area (Å²) in [5.74, 6) is 0. The third-order valence-electron chi connectivity index (χ3n) is 1.59. The smallest absolute Gasteiger partial charge is 0.250 e. The summed E-state index contributed by atoms with van der Waals surface area (Å²) in [5.41, 5.74) is -0.857. The van der Waals surface area contributed by atoms with E-state index in [1.165, 1.54) is 0 Å². The lowest BCUT2D eigenvalue weighted by atomic mass is 10.0. The van der Waals surface area contributed by atoms with E-state index in [1.807, 2.05) is 6.92 Å². The molecule has 1 atom stereocenters. The van der Waals surface area contributed by atoms with Crippen LogP contribution >= 0.6 is 0 Å². The summed E-state index contributed by atoms with van der Waals surface area (Å²) in [6.45, 7) is 3.47. The van der Waals surface area contributed by atoms with Gasteiger partial charge in [0.05, 0.1) is 12.1 Å². The molecule has 1 unspecified atom stereocenters. The number of halogens is 2. The average Bonchev–Trinajstić information content (AvgIpc) is 1.85. The molecule has 4 heteroatoms. The van der Waals surface area contributed by atoms with Crippen LogP contribution in [0.25, 0.3) is 0 Å². The van der Waals surface area contributed by atoms with Crippen molar-refractivity contribution in [3.8, 4) is 0 Å². The molecule has 0 bridgehead atoms. The molecule has 0 saturated carbocycles. The van der Waals surface area contributed by atoms with Crippen molar-refractivity contribution in [2.24, 2.45) is 0 Å². The number of aliphatic hydroxyl groups is 1. The molecule has 12 heavy (non-hydrogen) atoms. The molecule has 0 saturated heterocycles. The summed E-state index contributed by atoms with van der Waals surface area (Å²) in [6.07, 6.45) is -0.866. The highest BCUT2D eigenvalue weighted by atomic mass is 19.3. The van der Waals surface area contributed by atoms with Crippen LogP contribution in [0.3, 0.4) is 0 Å². The highest BCUT2D eigenvalue weighted by Gasteiger charge is 2.18. The van der Waals surface area contributed by atoms with Crippen LogP contribution < -0.4 is 5.32 Å². The van der Waals surface area contributed by atoms with Gasteiger partial charge in [0, 0.05) is 6.54 Å². The average molecular weight is 181 g/mol. The molecule has 0 aliphatic carbocycles. The first kappa shape index (κ1) is 11.8. The number of nitrogens with one attached hydrogen (secondary N) is 1. The van der Waals surface area contributed by atoms with Gasteiger partial charge in [0.2, 0.25) is 0 Å². The number of hydrogen-bond acceptors (Lipinski definition) is 2. The molecule has 2 nitrogen and oxygen atoms in total. The van der Waals surface area contributed by atoms with Crippen LogP contribution in [0.5, 0.6) is 0 Å². The Labute approximate surface area is 72.0 Å². The summed E-state index contributed by atoms with van der Waals surface area (Å²) >= 11 is 0. The SMILES string of the molecule is CCCC(C)(O)CNCC(F)F. The molecule has 0 aliphatic heterocycles. The second-order valence-electron chi connectivity index (χ2n) is 3.27. The van der Waals surface area contributed by atoms with Gasteiger partial charge in [0.25, 0.3) is 6.43 Å². The largest absolute Gasteiger partial charge is 0.389 e. The van der Waals surface area contributed by atoms with Crippen LogP contribution in [0.4, 0.5) is 8.78 Å². The normalized spacial score (nSPS) is 16.5. The van der Waals surface area contributed by atoms with Crippen molar-refractivity contribution in [3.63, 3.8) is 0 Å². The van der Waals surface area contributed by atoms with E-state index in [2.05, 4.69) is 5.32 Å². The van der Waals surface area contributed by atoms with E-state index in [-0.39, 0.29) is 13.1 Å². The highest BCUT2D eigenvalue weighted by molar-refractivity contribution is 4.74. The summed E-state index contributed by atoms with van der Waals surface area (Å²) in [4.78, 5) is 0. The summed E-state index contributed by atoms with van der Waals surface area (Å²) in [5, 5.41) is 12.0. The van der Waals surface area contributed by atoms with E-state index in [0.29, 0.717) is 6.42 Å². The fourth-order valence-corrected chi connectivity index (χ4v) is 1.08. The van der Waals surface area contributed by atoms with Crippen LogP contribution in [0.15, 0.2) is 0 Å². The number of hydrogen-bond donors (Lipinski definition) is 2. The van der Waals surface area contributed by atoms with Crippen molar-refractivity contribution in [2.75, 3.05) is 13.1 Å². The van der Waals surface area contributed by atoms with E-state index >= 15 is 0 Å². The minimum absolute atomic E-state index is 0.227. The molecular formula is C8H17F2NO. The highest BCUT2D eigenvalue weighted by Crippen LogP contribution is 2.09. The Morgan fingerprint density at radius 3 is 2.50 bits per heavy atom. The molecule has 0 spiro atoms. The van der Waals surface area contributed by atoms with Crippen LogP contribution in [0.1, 0.15) is 26.7 Å². The Balaban J connectivity index is 3.46. The first-order valence-electron chi connectivity index (χ1n) is 4.19. The third-order valence-corrected chi connectivity index (χ3v) is 1.59. The van der Waals surface area contributed by atoms with E-state index in [1.54, 1.807) is 6.92 Å². The van der Waals surface area contributed by atoms with Gasteiger partial charge < -0.3 is 10.4 Å². The molecule has 0 aromatic carbocycles. The lowest BCUT2D eigenvalue weighted by molar-refractivity contribution is 0.0443. The van der Waals surface area contributed by atoms with Crippen LogP contribution in [0.2, 0.25) is 0 Å². The van der Waals surface area contributed by atoms with Gasteiger partial charge in [-0.2, -0.15) is 0 Å². The standard InChI is InChI=1S/C8H17F2NO/c1-3-4-8(2,12)6-11-5-7(9)10/h7,11-12H,3-6H2,1-2H3. The van der Waals surface area contributed by atoms with E-state index in [0.717, 1.165) is 6.42 Å². The van der Waals surface area contributed by atoms with Crippen LogP contribution in [-0.4, -0.2) is 30.2 Å². The second-order valence-corrected chi connectivity index (χ2v) is 3.27. The van der Waals surface area contributed by atoms with Gasteiger partial charge in [-0.05, 0) is 13.3 Å². The maximum atomic E-state index is 11.7. The van der Waals surface area contributed by atoms with Gasteiger partial charge in [-0.1, -0.05) is 13.3 Å². The molecule has 0 fully saturated rings. The zero-order chi connectivity index (χ0) is 9.61. The zero-order valence-electron chi connectivity index (χ0n) is 7.61. The Bertz CT molecular complexity index is 118. The molecule has 2 N–H and O–H groups in total. The van der Waals surface area contributed by atoms with Gasteiger partial charge in [-0.25, -0.2) is 8.78 Å². The first-order chi connectivity index (χ1) is 5.48. The van der Waals surface area contributed by atoms with Crippen molar-refractivity contribution >= 4 is 0 Å². The topological polar surface area (TPSA) is 32.3 Å². The summed E-state index contributed by atoms with van der Waals surface area (Å²) < 4.78 is 23.3. The molecule has 0 heterocycles. The van der Waals surface area contributed by atoms with Gasteiger partial charge in [0.15, 0.2) is 0 Å². The molecule has 74 valence electrons. The fourth-order valence-electron chi connectivity index (χ4n) is 1.08. The van der Waals surface area contributed by atoms with Crippen molar-refractivity contribution in [1.29, 1.82) is 0 Å². The van der Waals surface area contributed by atoms with Gasteiger partial charge >= 0.3 is 0 Å². The monoisotopic (exact) mass is 181 g/mol. The zero-order valence-corrected chi connectivity index (χ0v) is 7.61. The Morgan fingerprint density at radius 2 is 2.08 bits per heavy atom. The van der Waals surface area contributed by atoms with Crippen molar-refractivity contribution in [1.82, 2.24) is 5.32 Å². The minimum atomic E-state index is -2.34. The molecule has 0 amide bonds. The van der Waals surface area contributed by atoms with E-state index in [9.17, 15) is 13.9 Å². The lowest BCUT2D eigenvalue weighted by Crippen LogP contribution is -2.39. The van der Waals surface area contributed by atoms with Gasteiger partial charge in [-0.3, -0.25) is 0 Å². The lowest BCUT2D eigenvalue weighted by Gasteiger charge is -2.22. The van der Waals surface area contributed by atoms with Crippen molar-refractivity contribution in [2.45, 2.75) is 38.7 Å². The Morgan fingerprint density at radius 1 is 1.50 bits per heavy atom.